The monoisotopic (exact) mass is 577 g/mol. The van der Waals surface area contributed by atoms with Gasteiger partial charge in [0.05, 0.1) is 18.2 Å². The van der Waals surface area contributed by atoms with E-state index in [1.165, 1.54) is 11.1 Å². The van der Waals surface area contributed by atoms with Gasteiger partial charge in [-0.2, -0.15) is 18.4 Å². The molecule has 40 heavy (non-hydrogen) atoms. The minimum atomic E-state index is -4.31. The van der Waals surface area contributed by atoms with Crippen LogP contribution in [0, 0.1) is 11.3 Å². The molecule has 2 amide bonds. The summed E-state index contributed by atoms with van der Waals surface area (Å²) in [5, 5.41) is 9.66. The Balaban J connectivity index is 1.51. The van der Waals surface area contributed by atoms with Crippen LogP contribution in [0.2, 0.25) is 5.02 Å². The lowest BCUT2D eigenvalue weighted by molar-refractivity contribution is -0.137. The Morgan fingerprint density at radius 2 is 1.93 bits per heavy atom. The molecule has 0 spiro atoms. The number of nitriles is 1. The van der Waals surface area contributed by atoms with Crippen molar-refractivity contribution >= 4 is 29.4 Å². The molecule has 2 fully saturated rings. The number of rotatable bonds is 7. The molecule has 2 aliphatic heterocycles. The van der Waals surface area contributed by atoms with E-state index in [9.17, 15) is 22.8 Å². The molecular formula is C28H31ClF3N5O3. The third kappa shape index (κ3) is 7.16. The number of nitrogens with zero attached hydrogens (tertiary/aromatic N) is 5. The number of anilines is 1. The lowest BCUT2D eigenvalue weighted by atomic mass is 9.93. The predicted octanol–water partition coefficient (Wildman–Crippen LogP) is 5.37. The van der Waals surface area contributed by atoms with Gasteiger partial charge >= 0.3 is 12.3 Å². The van der Waals surface area contributed by atoms with Crippen molar-refractivity contribution in [3.8, 4) is 6.07 Å². The number of likely N-dealkylation sites (N-methyl/N-ethyl adjacent to an activating group) is 1. The molecule has 0 bridgehead atoms. The molecule has 8 nitrogen and oxygen atoms in total. The molecular weight excluding hydrogens is 547 g/mol. The fourth-order valence-corrected chi connectivity index (χ4v) is 5.49. The quantitative estimate of drug-likeness (QED) is 0.411. The van der Waals surface area contributed by atoms with Crippen LogP contribution in [0.5, 0.6) is 0 Å². The van der Waals surface area contributed by atoms with Crippen molar-refractivity contribution in [1.29, 1.82) is 5.26 Å². The van der Waals surface area contributed by atoms with Crippen LogP contribution in [0.25, 0.3) is 0 Å². The van der Waals surface area contributed by atoms with E-state index in [-0.39, 0.29) is 31.4 Å². The van der Waals surface area contributed by atoms with Gasteiger partial charge in [-0.3, -0.25) is 4.79 Å². The lowest BCUT2D eigenvalue weighted by Crippen LogP contribution is -2.51. The average molecular weight is 578 g/mol. The minimum absolute atomic E-state index is 0.0840. The van der Waals surface area contributed by atoms with E-state index in [0.717, 1.165) is 18.4 Å². The number of aromatic nitrogens is 1. The van der Waals surface area contributed by atoms with Crippen LogP contribution < -0.4 is 4.90 Å². The molecule has 1 aromatic carbocycles. The predicted molar refractivity (Wildman–Crippen MR) is 143 cm³/mol. The Bertz CT molecular complexity index is 1220. The van der Waals surface area contributed by atoms with E-state index < -0.39 is 30.8 Å². The van der Waals surface area contributed by atoms with E-state index >= 15 is 0 Å². The van der Waals surface area contributed by atoms with Gasteiger partial charge < -0.3 is 19.4 Å². The van der Waals surface area contributed by atoms with Crippen molar-refractivity contribution in [2.45, 2.75) is 56.3 Å². The molecule has 3 heterocycles. The summed E-state index contributed by atoms with van der Waals surface area (Å²) in [5.74, 6) is 0.292. The van der Waals surface area contributed by atoms with Crippen molar-refractivity contribution in [1.82, 2.24) is 14.8 Å². The maximum absolute atomic E-state index is 13.9. The Labute approximate surface area is 236 Å². The highest BCUT2D eigenvalue weighted by atomic mass is 35.5. The zero-order valence-electron chi connectivity index (χ0n) is 22.1. The van der Waals surface area contributed by atoms with Gasteiger partial charge in [-0.1, -0.05) is 23.7 Å². The van der Waals surface area contributed by atoms with Crippen LogP contribution in [-0.2, 0) is 9.53 Å². The number of piperidine rings is 1. The highest BCUT2D eigenvalue weighted by Crippen LogP contribution is 2.34. The second kappa shape index (κ2) is 12.8. The van der Waals surface area contributed by atoms with E-state index in [0.29, 0.717) is 35.9 Å². The largest absolute Gasteiger partial charge is 0.449 e. The summed E-state index contributed by atoms with van der Waals surface area (Å²) >= 11 is 6.09. The van der Waals surface area contributed by atoms with Crippen LogP contribution in [0.1, 0.15) is 49.1 Å². The minimum Gasteiger partial charge on any atom is -0.449 e. The number of likely N-dealkylation sites (tertiary alicyclic amines) is 1. The maximum Gasteiger partial charge on any atom is 0.409 e. The van der Waals surface area contributed by atoms with Crippen molar-refractivity contribution in [3.05, 3.63) is 58.7 Å². The zero-order chi connectivity index (χ0) is 28.9. The number of benzene rings is 1. The SMILES string of the molecule is CN(C(=O)OCCCC(F)(F)F)[C@H]1CN(C(=O)C2CCCCN2c2ccc(C#N)cn2)C[C@@H]1c1ccc(Cl)cc1. The molecule has 1 unspecified atom stereocenters. The van der Waals surface area contributed by atoms with Gasteiger partial charge in [0.15, 0.2) is 0 Å². The number of pyridine rings is 1. The van der Waals surface area contributed by atoms with Crippen LogP contribution in [0.3, 0.4) is 0 Å². The molecule has 0 saturated carbocycles. The fraction of sp³-hybridized carbons (Fsp3) is 0.500. The van der Waals surface area contributed by atoms with Crippen molar-refractivity contribution in [2.75, 3.05) is 38.2 Å². The summed E-state index contributed by atoms with van der Waals surface area (Å²) in [6.07, 6.45) is -2.48. The molecule has 214 valence electrons. The van der Waals surface area contributed by atoms with E-state index in [1.54, 1.807) is 36.2 Å². The molecule has 2 aromatic rings. The molecule has 12 heteroatoms. The van der Waals surface area contributed by atoms with Crippen LogP contribution in [0.4, 0.5) is 23.8 Å². The Kier molecular flexibility index (Phi) is 9.40. The zero-order valence-corrected chi connectivity index (χ0v) is 22.9. The summed E-state index contributed by atoms with van der Waals surface area (Å²) in [6, 6.07) is 11.8. The Morgan fingerprint density at radius 3 is 2.58 bits per heavy atom. The molecule has 1 aromatic heterocycles. The van der Waals surface area contributed by atoms with Gasteiger partial charge in [0, 0.05) is 50.2 Å². The highest BCUT2D eigenvalue weighted by Gasteiger charge is 2.43. The van der Waals surface area contributed by atoms with Crippen molar-refractivity contribution < 1.29 is 27.5 Å². The first-order valence-electron chi connectivity index (χ1n) is 13.2. The number of halogens is 4. The number of carbonyl (C=O) groups excluding carboxylic acids is 2. The molecule has 2 saturated heterocycles. The molecule has 3 atom stereocenters. The summed E-state index contributed by atoms with van der Waals surface area (Å²) in [6.45, 7) is 0.892. The summed E-state index contributed by atoms with van der Waals surface area (Å²) in [4.78, 5) is 36.2. The number of carbonyl (C=O) groups is 2. The summed E-state index contributed by atoms with van der Waals surface area (Å²) < 4.78 is 42.6. The van der Waals surface area contributed by atoms with Crippen LogP contribution >= 0.6 is 11.6 Å². The number of alkyl halides is 3. The van der Waals surface area contributed by atoms with Crippen LogP contribution in [0.15, 0.2) is 42.6 Å². The first-order chi connectivity index (χ1) is 19.1. The normalized spacial score (nSPS) is 21.1. The average Bonchev–Trinajstić information content (AvgIpc) is 3.40. The third-order valence-corrected chi connectivity index (χ3v) is 7.73. The molecule has 0 N–H and O–H groups in total. The Hall–Kier alpha value is -3.52. The molecule has 0 radical (unpaired) electrons. The molecule has 2 aliphatic rings. The number of hydrogen-bond donors (Lipinski definition) is 0. The van der Waals surface area contributed by atoms with Gasteiger partial charge in [0.2, 0.25) is 5.91 Å². The molecule has 4 rings (SSSR count). The standard InChI is InChI=1S/C28H31ClF3N5O3/c1-35(27(39)40-14-4-12-28(30,31)32)24-18-36(17-22(24)20-7-9-21(29)10-8-20)26(38)23-5-2-3-13-37(23)25-11-6-19(15-33)16-34-25/h6-11,16,22-24H,2-5,12-14,17-18H2,1H3/t22-,23?,24+/m1/s1. The smallest absolute Gasteiger partial charge is 0.409 e. The number of ether oxygens (including phenoxy) is 1. The summed E-state index contributed by atoms with van der Waals surface area (Å²) in [5.41, 5.74) is 1.32. The van der Waals surface area contributed by atoms with Gasteiger partial charge in [0.1, 0.15) is 17.9 Å². The maximum atomic E-state index is 13.9. The van der Waals surface area contributed by atoms with Gasteiger partial charge in [0.25, 0.3) is 0 Å². The van der Waals surface area contributed by atoms with E-state index in [1.807, 2.05) is 23.1 Å². The van der Waals surface area contributed by atoms with Crippen molar-refractivity contribution in [2.24, 2.45) is 0 Å². The first-order valence-corrected chi connectivity index (χ1v) is 13.6. The summed E-state index contributed by atoms with van der Waals surface area (Å²) in [7, 11) is 1.54. The van der Waals surface area contributed by atoms with E-state index in [2.05, 4.69) is 4.98 Å². The third-order valence-electron chi connectivity index (χ3n) is 7.47. The van der Waals surface area contributed by atoms with E-state index in [4.69, 9.17) is 21.6 Å². The molecule has 0 aliphatic carbocycles. The lowest BCUT2D eigenvalue weighted by Gasteiger charge is -2.37. The van der Waals surface area contributed by atoms with Crippen molar-refractivity contribution in [3.63, 3.8) is 0 Å². The highest BCUT2D eigenvalue weighted by molar-refractivity contribution is 6.30. The van der Waals surface area contributed by atoms with Gasteiger partial charge in [-0.15, -0.1) is 0 Å². The fourth-order valence-electron chi connectivity index (χ4n) is 5.36. The van der Waals surface area contributed by atoms with Crippen LogP contribution in [-0.4, -0.2) is 78.3 Å². The van der Waals surface area contributed by atoms with Gasteiger partial charge in [-0.25, -0.2) is 9.78 Å². The Morgan fingerprint density at radius 1 is 1.18 bits per heavy atom. The number of amides is 2. The second-order valence-electron chi connectivity index (χ2n) is 10.1. The second-order valence-corrected chi connectivity index (χ2v) is 10.6. The topological polar surface area (TPSA) is 89.8 Å². The number of hydrogen-bond acceptors (Lipinski definition) is 6. The first kappa shape index (κ1) is 29.5. The van der Waals surface area contributed by atoms with Gasteiger partial charge in [-0.05, 0) is 55.5 Å².